The molecular formula is C9H13N3O3. The number of carbonyl (C=O) groups is 1. The van der Waals surface area contributed by atoms with Crippen molar-refractivity contribution in [1.29, 1.82) is 0 Å². The van der Waals surface area contributed by atoms with Crippen LogP contribution >= 0.6 is 0 Å². The molecule has 1 aromatic rings. The summed E-state index contributed by atoms with van der Waals surface area (Å²) in [6.45, 7) is 0.688. The van der Waals surface area contributed by atoms with Gasteiger partial charge in [-0.05, 0) is 12.1 Å². The predicted octanol–water partition coefficient (Wildman–Crippen LogP) is -0.598. The molecule has 3 N–H and O–H groups in total. The molecule has 1 aromatic heterocycles. The van der Waals surface area contributed by atoms with Crippen molar-refractivity contribution in [2.75, 3.05) is 6.54 Å². The average Bonchev–Trinajstić information content (AvgIpc) is 2.18. The van der Waals surface area contributed by atoms with Crippen LogP contribution in [0.4, 0.5) is 0 Å². The van der Waals surface area contributed by atoms with Crippen LogP contribution in [0.2, 0.25) is 0 Å². The number of hydrogen-bond donors (Lipinski definition) is 3. The molecule has 15 heavy (non-hydrogen) atoms. The van der Waals surface area contributed by atoms with E-state index in [1.54, 1.807) is 18.3 Å². The molecule has 1 atom stereocenters. The molecule has 0 amide bonds. The number of hydrogen-bond acceptors (Lipinski definition) is 5. The van der Waals surface area contributed by atoms with Gasteiger partial charge in [0.1, 0.15) is 0 Å². The van der Waals surface area contributed by atoms with Crippen LogP contribution in [-0.2, 0) is 11.3 Å². The molecule has 1 heterocycles. The van der Waals surface area contributed by atoms with Crippen LogP contribution in [0.25, 0.3) is 0 Å². The van der Waals surface area contributed by atoms with Gasteiger partial charge in [0.25, 0.3) is 0 Å². The molecule has 0 bridgehead atoms. The highest BCUT2D eigenvalue weighted by Gasteiger charge is 2.08. The zero-order chi connectivity index (χ0) is 11.1. The van der Waals surface area contributed by atoms with E-state index >= 15 is 0 Å². The average molecular weight is 211 g/mol. The summed E-state index contributed by atoms with van der Waals surface area (Å²) in [6, 6.07) is 3.56. The third-order valence-corrected chi connectivity index (χ3v) is 1.72. The van der Waals surface area contributed by atoms with Crippen LogP contribution in [0.1, 0.15) is 12.1 Å². The standard InChI is InChI=1S/C9H13N3O3/c13-8(4-9(14)15)6-10-5-7-2-1-3-11-12-7/h1-3,8,10,13H,4-6H2,(H,14,15). The highest BCUT2D eigenvalue weighted by Crippen LogP contribution is 1.92. The number of carboxylic acids is 1. The first-order chi connectivity index (χ1) is 7.18. The molecule has 1 rings (SSSR count). The fourth-order valence-corrected chi connectivity index (χ4v) is 1.07. The lowest BCUT2D eigenvalue weighted by Gasteiger charge is -2.08. The van der Waals surface area contributed by atoms with E-state index < -0.39 is 12.1 Å². The minimum atomic E-state index is -1.01. The van der Waals surface area contributed by atoms with Gasteiger partial charge in [0.15, 0.2) is 0 Å². The summed E-state index contributed by atoms with van der Waals surface area (Å²) in [4.78, 5) is 10.2. The van der Waals surface area contributed by atoms with Gasteiger partial charge in [0.2, 0.25) is 0 Å². The summed E-state index contributed by atoms with van der Waals surface area (Å²) in [5, 5.41) is 28.0. The number of aliphatic hydroxyl groups excluding tert-OH is 1. The second-order valence-corrected chi connectivity index (χ2v) is 3.10. The Hall–Kier alpha value is -1.53. The van der Waals surface area contributed by atoms with Gasteiger partial charge in [-0.15, -0.1) is 0 Å². The first-order valence-corrected chi connectivity index (χ1v) is 4.55. The van der Waals surface area contributed by atoms with Crippen LogP contribution in [0.15, 0.2) is 18.3 Å². The van der Waals surface area contributed by atoms with Crippen molar-refractivity contribution in [2.45, 2.75) is 19.1 Å². The van der Waals surface area contributed by atoms with Gasteiger partial charge in [-0.2, -0.15) is 10.2 Å². The maximum atomic E-state index is 10.2. The maximum absolute atomic E-state index is 10.2. The van der Waals surface area contributed by atoms with Crippen LogP contribution < -0.4 is 5.32 Å². The Morgan fingerprint density at radius 1 is 1.60 bits per heavy atom. The van der Waals surface area contributed by atoms with Crippen LogP contribution in [0.5, 0.6) is 0 Å². The summed E-state index contributed by atoms with van der Waals surface area (Å²) in [5.41, 5.74) is 0.750. The Labute approximate surface area is 87.0 Å². The first kappa shape index (κ1) is 11.5. The first-order valence-electron chi connectivity index (χ1n) is 4.55. The fraction of sp³-hybridized carbons (Fsp3) is 0.444. The quantitative estimate of drug-likeness (QED) is 0.581. The van der Waals surface area contributed by atoms with E-state index in [4.69, 9.17) is 5.11 Å². The highest BCUT2D eigenvalue weighted by atomic mass is 16.4. The van der Waals surface area contributed by atoms with E-state index in [0.29, 0.717) is 6.54 Å². The van der Waals surface area contributed by atoms with E-state index in [2.05, 4.69) is 15.5 Å². The molecule has 0 aromatic carbocycles. The Morgan fingerprint density at radius 2 is 2.40 bits per heavy atom. The Kier molecular flexibility index (Phi) is 4.65. The van der Waals surface area contributed by atoms with E-state index in [0.717, 1.165) is 5.69 Å². The topological polar surface area (TPSA) is 95.3 Å². The van der Waals surface area contributed by atoms with Gasteiger partial charge >= 0.3 is 5.97 Å². The number of aliphatic hydroxyl groups is 1. The number of rotatable bonds is 6. The highest BCUT2D eigenvalue weighted by molar-refractivity contribution is 5.67. The number of aliphatic carboxylic acids is 1. The second kappa shape index (κ2) is 6.05. The van der Waals surface area contributed by atoms with Crippen molar-refractivity contribution in [3.05, 3.63) is 24.0 Å². The summed E-state index contributed by atoms with van der Waals surface area (Å²) in [5.74, 6) is -1.01. The van der Waals surface area contributed by atoms with E-state index in [9.17, 15) is 9.90 Å². The summed E-state index contributed by atoms with van der Waals surface area (Å²) >= 11 is 0. The minimum absolute atomic E-state index is 0.225. The molecule has 82 valence electrons. The number of carboxylic acid groups (broad SMARTS) is 1. The SMILES string of the molecule is O=C(O)CC(O)CNCc1cccnn1. The van der Waals surface area contributed by atoms with E-state index in [-0.39, 0.29) is 13.0 Å². The Bertz CT molecular complexity index is 305. The zero-order valence-corrected chi connectivity index (χ0v) is 8.13. The zero-order valence-electron chi connectivity index (χ0n) is 8.13. The predicted molar refractivity (Wildman–Crippen MR) is 52.0 cm³/mol. The summed E-state index contributed by atoms with van der Waals surface area (Å²) in [7, 11) is 0. The third-order valence-electron chi connectivity index (χ3n) is 1.72. The van der Waals surface area contributed by atoms with Crippen molar-refractivity contribution >= 4 is 5.97 Å². The summed E-state index contributed by atoms with van der Waals surface area (Å²) < 4.78 is 0. The minimum Gasteiger partial charge on any atom is -0.481 e. The molecule has 0 saturated heterocycles. The van der Waals surface area contributed by atoms with Crippen LogP contribution in [0, 0.1) is 0 Å². The second-order valence-electron chi connectivity index (χ2n) is 3.10. The molecule has 0 aliphatic carbocycles. The van der Waals surface area contributed by atoms with E-state index in [1.807, 2.05) is 0 Å². The van der Waals surface area contributed by atoms with Crippen molar-refractivity contribution < 1.29 is 15.0 Å². The summed E-state index contributed by atoms with van der Waals surface area (Å²) in [6.07, 6.45) is 0.440. The molecule has 0 aliphatic heterocycles. The largest absolute Gasteiger partial charge is 0.481 e. The number of nitrogens with zero attached hydrogens (tertiary/aromatic N) is 2. The number of nitrogens with one attached hydrogen (secondary N) is 1. The van der Waals surface area contributed by atoms with Crippen LogP contribution in [-0.4, -0.2) is 39.0 Å². The van der Waals surface area contributed by atoms with E-state index in [1.165, 1.54) is 0 Å². The van der Waals surface area contributed by atoms with Crippen molar-refractivity contribution in [3.63, 3.8) is 0 Å². The maximum Gasteiger partial charge on any atom is 0.306 e. The molecular weight excluding hydrogens is 198 g/mol. The molecule has 6 heteroatoms. The monoisotopic (exact) mass is 211 g/mol. The molecule has 0 aliphatic rings. The molecule has 6 nitrogen and oxygen atoms in total. The molecule has 1 unspecified atom stereocenters. The van der Waals surface area contributed by atoms with Crippen molar-refractivity contribution in [1.82, 2.24) is 15.5 Å². The molecule has 0 fully saturated rings. The smallest absolute Gasteiger partial charge is 0.306 e. The molecule has 0 spiro atoms. The lowest BCUT2D eigenvalue weighted by atomic mass is 10.2. The van der Waals surface area contributed by atoms with Gasteiger partial charge in [-0.3, -0.25) is 4.79 Å². The van der Waals surface area contributed by atoms with Gasteiger partial charge in [-0.25, -0.2) is 0 Å². The van der Waals surface area contributed by atoms with Gasteiger partial charge in [-0.1, -0.05) is 0 Å². The van der Waals surface area contributed by atoms with Gasteiger partial charge in [0, 0.05) is 19.3 Å². The van der Waals surface area contributed by atoms with Crippen molar-refractivity contribution in [3.8, 4) is 0 Å². The Morgan fingerprint density at radius 3 is 3.00 bits per heavy atom. The fourth-order valence-electron chi connectivity index (χ4n) is 1.07. The Balaban J connectivity index is 2.19. The van der Waals surface area contributed by atoms with Gasteiger partial charge < -0.3 is 15.5 Å². The lowest BCUT2D eigenvalue weighted by molar-refractivity contribution is -0.139. The lowest BCUT2D eigenvalue weighted by Crippen LogP contribution is -2.28. The molecule has 0 saturated carbocycles. The van der Waals surface area contributed by atoms with Crippen LogP contribution in [0.3, 0.4) is 0 Å². The van der Waals surface area contributed by atoms with Gasteiger partial charge in [0.05, 0.1) is 18.2 Å². The molecule has 0 radical (unpaired) electrons. The van der Waals surface area contributed by atoms with Crippen molar-refractivity contribution in [2.24, 2.45) is 0 Å². The number of aromatic nitrogens is 2. The normalized spacial score (nSPS) is 12.3. The third kappa shape index (κ3) is 5.04.